The van der Waals surface area contributed by atoms with Crippen LogP contribution in [0, 0.1) is 5.92 Å². The van der Waals surface area contributed by atoms with Gasteiger partial charge in [0.05, 0.1) is 0 Å². The van der Waals surface area contributed by atoms with E-state index < -0.39 is 18.1 Å². The number of carbonyl (C=O) groups is 4. The fourth-order valence-electron chi connectivity index (χ4n) is 3.28. The fourth-order valence-corrected chi connectivity index (χ4v) is 3.28. The summed E-state index contributed by atoms with van der Waals surface area (Å²) in [5, 5.41) is 18.7. The summed E-state index contributed by atoms with van der Waals surface area (Å²) >= 11 is 0. The number of hydrogen-bond donors (Lipinski definition) is 3. The summed E-state index contributed by atoms with van der Waals surface area (Å²) in [5.74, 6) is -1.07. The Labute approximate surface area is 223 Å². The number of rotatable bonds is 16. The van der Waals surface area contributed by atoms with E-state index in [-0.39, 0.29) is 54.4 Å². The molecule has 1 atom stereocenters. The van der Waals surface area contributed by atoms with E-state index in [1.807, 2.05) is 30.3 Å². The zero-order valence-electron chi connectivity index (χ0n) is 20.0. The van der Waals surface area contributed by atoms with Crippen LogP contribution in [-0.4, -0.2) is 43.0 Å². The third-order valence-corrected chi connectivity index (χ3v) is 5.33. The molecule has 0 aliphatic heterocycles. The summed E-state index contributed by atoms with van der Waals surface area (Å²) < 4.78 is 5.16. The van der Waals surface area contributed by atoms with Gasteiger partial charge in [-0.25, -0.2) is 4.79 Å². The molecular weight excluding hydrogens is 449 g/mol. The molecule has 182 valence electrons. The Morgan fingerprint density at radius 3 is 2.35 bits per heavy atom. The Kier molecular flexibility index (Phi) is 15.3. The van der Waals surface area contributed by atoms with Crippen molar-refractivity contribution in [2.24, 2.45) is 5.92 Å². The molecule has 34 heavy (non-hydrogen) atoms. The minimum atomic E-state index is -1.07. The smallest absolute Gasteiger partial charge is 0.550 e. The molecule has 2 rings (SSSR count). The number of ether oxygens (including phenoxy) is 1. The molecule has 0 aromatic heterocycles. The maximum absolute atomic E-state index is 12.6. The molecule has 10 heteroatoms. The molecule has 1 aromatic carbocycles. The Morgan fingerprint density at radius 2 is 1.68 bits per heavy atom. The first-order chi connectivity index (χ1) is 15.9. The van der Waals surface area contributed by atoms with Gasteiger partial charge in [0.1, 0.15) is 12.6 Å². The Balaban J connectivity index is 0.00000578. The summed E-state index contributed by atoms with van der Waals surface area (Å²) in [6, 6.07) is 8.67. The molecule has 0 spiro atoms. The number of carboxylic acids is 1. The van der Waals surface area contributed by atoms with Gasteiger partial charge >= 0.3 is 35.7 Å². The molecule has 1 saturated carbocycles. The first-order valence-electron chi connectivity index (χ1n) is 11.7. The predicted molar refractivity (Wildman–Crippen MR) is 120 cm³/mol. The number of amides is 3. The van der Waals surface area contributed by atoms with Crippen LogP contribution in [0.3, 0.4) is 0 Å². The maximum atomic E-state index is 12.6. The monoisotopic (exact) mass is 483 g/mol. The second kappa shape index (κ2) is 17.4. The van der Waals surface area contributed by atoms with Crippen LogP contribution in [0.25, 0.3) is 0 Å². The van der Waals surface area contributed by atoms with Gasteiger partial charge in [-0.05, 0) is 56.4 Å². The summed E-state index contributed by atoms with van der Waals surface area (Å²) in [4.78, 5) is 47.0. The minimum absolute atomic E-state index is 0. The number of carboxylic acid groups (broad SMARTS) is 1. The van der Waals surface area contributed by atoms with Crippen molar-refractivity contribution < 1.29 is 58.6 Å². The average molecular weight is 484 g/mol. The van der Waals surface area contributed by atoms with Gasteiger partial charge in [-0.3, -0.25) is 9.59 Å². The van der Waals surface area contributed by atoms with Crippen molar-refractivity contribution in [3.8, 4) is 0 Å². The molecule has 0 radical (unpaired) electrons. The van der Waals surface area contributed by atoms with Gasteiger partial charge in [0.15, 0.2) is 0 Å². The van der Waals surface area contributed by atoms with Gasteiger partial charge in [0.25, 0.3) is 0 Å². The number of hydrogen-bond acceptors (Lipinski definition) is 6. The van der Waals surface area contributed by atoms with Gasteiger partial charge in [0, 0.05) is 25.5 Å². The van der Waals surface area contributed by atoms with Crippen LogP contribution in [-0.2, 0) is 25.7 Å². The molecule has 0 bridgehead atoms. The SMILES string of the molecule is O=C([O-])CCCCCNC(=O)[C@H](CCCNC(=O)OCc1ccccc1)NC(=O)CC1CC1.[Na+]. The zero-order valence-corrected chi connectivity index (χ0v) is 22.0. The number of alkyl carbamates (subject to hydrolysis) is 1. The van der Waals surface area contributed by atoms with Crippen LogP contribution < -0.4 is 50.6 Å². The standard InChI is InChI=1S/C24H35N3O6.Na/c28-21(16-18-12-13-18)27-20(23(31)25-14-6-2-5-11-22(29)30)10-7-15-26-24(32)33-17-19-8-3-1-4-9-19;/h1,3-4,8-9,18,20H,2,5-7,10-17H2,(H,25,31)(H,26,32)(H,27,28)(H,29,30);/q;+1/p-1/t20-;/m0./s1. The number of unbranched alkanes of at least 4 members (excludes halogenated alkanes) is 2. The van der Waals surface area contributed by atoms with Crippen molar-refractivity contribution in [1.82, 2.24) is 16.0 Å². The molecule has 1 aliphatic rings. The molecular formula is C24H34N3NaO6. The van der Waals surface area contributed by atoms with E-state index in [4.69, 9.17) is 4.74 Å². The predicted octanol–water partition coefficient (Wildman–Crippen LogP) is -1.59. The van der Waals surface area contributed by atoms with Crippen LogP contribution >= 0.6 is 0 Å². The Morgan fingerprint density at radius 1 is 0.971 bits per heavy atom. The first kappa shape index (κ1) is 29.9. The second-order valence-electron chi connectivity index (χ2n) is 8.37. The number of benzene rings is 1. The number of aliphatic carboxylic acids is 1. The third-order valence-electron chi connectivity index (χ3n) is 5.33. The molecule has 1 aromatic rings. The number of nitrogens with one attached hydrogen (secondary N) is 3. The van der Waals surface area contributed by atoms with Crippen molar-refractivity contribution in [2.75, 3.05) is 13.1 Å². The van der Waals surface area contributed by atoms with E-state index in [9.17, 15) is 24.3 Å². The van der Waals surface area contributed by atoms with E-state index in [2.05, 4.69) is 16.0 Å². The van der Waals surface area contributed by atoms with Gasteiger partial charge in [-0.1, -0.05) is 36.8 Å². The second-order valence-corrected chi connectivity index (χ2v) is 8.37. The summed E-state index contributed by atoms with van der Waals surface area (Å²) in [6.45, 7) is 0.905. The zero-order chi connectivity index (χ0) is 23.9. The summed E-state index contributed by atoms with van der Waals surface area (Å²) in [7, 11) is 0. The normalized spacial score (nSPS) is 13.2. The van der Waals surface area contributed by atoms with Crippen LogP contribution in [0.4, 0.5) is 4.79 Å². The quantitative estimate of drug-likeness (QED) is 0.192. The summed E-state index contributed by atoms with van der Waals surface area (Å²) in [5.41, 5.74) is 0.891. The molecule has 1 aliphatic carbocycles. The van der Waals surface area contributed by atoms with E-state index >= 15 is 0 Å². The van der Waals surface area contributed by atoms with Gasteiger partial charge < -0.3 is 30.6 Å². The molecule has 3 amide bonds. The topological polar surface area (TPSA) is 137 Å². The molecule has 1 fully saturated rings. The van der Waals surface area contributed by atoms with Crippen molar-refractivity contribution in [1.29, 1.82) is 0 Å². The minimum Gasteiger partial charge on any atom is -0.550 e. The van der Waals surface area contributed by atoms with Crippen molar-refractivity contribution in [2.45, 2.75) is 70.4 Å². The van der Waals surface area contributed by atoms with E-state index in [0.717, 1.165) is 18.4 Å². The van der Waals surface area contributed by atoms with E-state index in [1.54, 1.807) is 0 Å². The number of carbonyl (C=O) groups excluding carboxylic acids is 4. The molecule has 3 N–H and O–H groups in total. The van der Waals surface area contributed by atoms with Crippen molar-refractivity contribution in [3.05, 3.63) is 35.9 Å². The van der Waals surface area contributed by atoms with Crippen LogP contribution in [0.1, 0.15) is 63.4 Å². The maximum Gasteiger partial charge on any atom is 1.00 e. The first-order valence-corrected chi connectivity index (χ1v) is 11.7. The summed E-state index contributed by atoms with van der Waals surface area (Å²) in [6.07, 6.45) is 4.70. The van der Waals surface area contributed by atoms with Crippen molar-refractivity contribution in [3.63, 3.8) is 0 Å². The van der Waals surface area contributed by atoms with Crippen LogP contribution in [0.2, 0.25) is 0 Å². The molecule has 0 unspecified atom stereocenters. The van der Waals surface area contributed by atoms with Crippen LogP contribution in [0.5, 0.6) is 0 Å². The average Bonchev–Trinajstić information content (AvgIpc) is 3.61. The van der Waals surface area contributed by atoms with Gasteiger partial charge in [-0.2, -0.15) is 0 Å². The largest absolute Gasteiger partial charge is 1.00 e. The van der Waals surface area contributed by atoms with E-state index in [1.165, 1.54) is 0 Å². The Bertz CT molecular complexity index is 773. The van der Waals surface area contributed by atoms with Crippen molar-refractivity contribution >= 4 is 23.9 Å². The van der Waals surface area contributed by atoms with E-state index in [0.29, 0.717) is 57.5 Å². The molecule has 0 heterocycles. The fraction of sp³-hybridized carbons (Fsp3) is 0.583. The van der Waals surface area contributed by atoms with Crippen LogP contribution in [0.15, 0.2) is 30.3 Å². The third kappa shape index (κ3) is 14.2. The van der Waals surface area contributed by atoms with Gasteiger partial charge in [0.2, 0.25) is 11.8 Å². The Hall–Kier alpha value is -2.10. The van der Waals surface area contributed by atoms with Gasteiger partial charge in [-0.15, -0.1) is 0 Å². The molecule has 0 saturated heterocycles. The molecule has 9 nitrogen and oxygen atoms in total.